The van der Waals surface area contributed by atoms with Crippen LogP contribution >= 0.6 is 82.6 Å². The summed E-state index contributed by atoms with van der Waals surface area (Å²) in [4.78, 5) is 129. The number of pyridine rings is 3. The number of nitrogens with one attached hydrogen (secondary N) is 12. The Morgan fingerprint density at radius 3 is 0.919 bits per heavy atom. The molecule has 722 valence electrons. The molecule has 17 N–H and O–H groups in total. The van der Waals surface area contributed by atoms with Crippen molar-refractivity contribution in [2.45, 2.75) is 140 Å². The molecular weight excluding hydrogens is 2030 g/mol. The van der Waals surface area contributed by atoms with E-state index in [1.165, 1.54) is 61.3 Å². The Hall–Kier alpha value is -11.3. The smallest absolute Gasteiger partial charge is 0.416 e. The van der Waals surface area contributed by atoms with Crippen molar-refractivity contribution in [3.05, 3.63) is 230 Å². The van der Waals surface area contributed by atoms with Crippen LogP contribution in [0.5, 0.6) is 5.75 Å². The Labute approximate surface area is 813 Å². The molecule has 0 spiro atoms. The standard InChI is InChI=1S/C23H26BrClN4O4.C23H25BrF3N5O3.C23H25ClF3N5O3.C22H25BrClN5O3/c1-2-13(14-3-16(24)8-17(25)4-14)6-20(31)10-26-22(33)15-5-18(9-19(30)7-15)29-23-27-11-21(32)12-28-23;2*1-2-13(14-3-16(23(25,26)27)7-17(24)4-14)6-19(33)10-29-21(35)15-5-18(9-28-8-15)32-22-30-11-20(34)12-31-22;1-2-13(14-3-16(23)7-17(24)4-14)6-19(30)10-26-21(32)15-5-18(9-25-8-15)29-22-27-11-20(31)12-28-22/h3-5,7-9,13,21,30,32H,2,6,10-12H2,1H3,(H,26,33)(H2,27,28,29);2*3-5,7-9,13,20,34H,2,6,10-12H2,1H3,(H,29,35)(H2,30,31,32);3-5,7-9,13,20,31H,2,6,10-12H2,1H3,(H,26,32)(H2,27,28,29)/t4*13-/m1111/s1. The van der Waals surface area contributed by atoms with E-state index in [2.05, 4.69) is 147 Å². The van der Waals surface area contributed by atoms with E-state index in [4.69, 9.17) is 34.8 Å². The minimum Gasteiger partial charge on any atom is -0.508 e. The summed E-state index contributed by atoms with van der Waals surface area (Å²) in [7, 11) is 0. The van der Waals surface area contributed by atoms with E-state index in [1.807, 2.05) is 38.1 Å². The van der Waals surface area contributed by atoms with Crippen LogP contribution in [-0.2, 0) is 31.5 Å². The number of benzene rings is 5. The second kappa shape index (κ2) is 52.2. The zero-order valence-corrected chi connectivity index (χ0v) is 80.3. The first-order valence-corrected chi connectivity index (χ1v) is 46.2. The largest absolute Gasteiger partial charge is 0.508 e. The predicted molar refractivity (Wildman–Crippen MR) is 514 cm³/mol. The first-order chi connectivity index (χ1) is 64.2. The van der Waals surface area contributed by atoms with Crippen LogP contribution in [0, 0.1) is 0 Å². The minimum atomic E-state index is -4.55. The van der Waals surface area contributed by atoms with Crippen LogP contribution in [0.1, 0.15) is 178 Å². The average Bonchev–Trinajstić information content (AvgIpc) is 0.836. The number of halogens is 12. The van der Waals surface area contributed by atoms with Gasteiger partial charge in [-0.05, 0) is 175 Å². The Balaban J connectivity index is 0.000000202. The lowest BCUT2D eigenvalue weighted by molar-refractivity contribution is -0.138. The molecule has 12 rings (SSSR count). The number of β-amino-alcohol motifs (C(OH)–C–C–N with tert-alkyl or cyclic N) is 4. The van der Waals surface area contributed by atoms with Crippen molar-refractivity contribution >= 4 is 176 Å². The van der Waals surface area contributed by atoms with Crippen LogP contribution in [-0.4, -0.2) is 214 Å². The topological polar surface area (TPSA) is 470 Å². The maximum atomic E-state index is 13.2. The van der Waals surface area contributed by atoms with Gasteiger partial charge in [0.15, 0.2) is 47.0 Å². The van der Waals surface area contributed by atoms with Crippen molar-refractivity contribution in [1.82, 2.24) is 57.5 Å². The van der Waals surface area contributed by atoms with E-state index in [-0.39, 0.29) is 138 Å². The lowest BCUT2D eigenvalue weighted by Gasteiger charge is -2.20. The Morgan fingerprint density at radius 2 is 0.630 bits per heavy atom. The third kappa shape index (κ3) is 36.1. The number of phenolic OH excluding ortho intramolecular Hbond substituents is 1. The molecule has 4 unspecified atom stereocenters. The number of guanidine groups is 4. The fraction of sp³-hybridized carbons (Fsp3) is 0.374. The maximum absolute atomic E-state index is 13.2. The molecule has 5 aromatic carbocycles. The van der Waals surface area contributed by atoms with Crippen molar-refractivity contribution < 1.29 is 90.2 Å². The number of aromatic hydroxyl groups is 1. The van der Waals surface area contributed by atoms with Crippen LogP contribution in [0.15, 0.2) is 180 Å². The van der Waals surface area contributed by atoms with Gasteiger partial charge in [-0.3, -0.25) is 73.3 Å². The molecule has 0 fully saturated rings. The van der Waals surface area contributed by atoms with E-state index < -0.39 is 77.5 Å². The summed E-state index contributed by atoms with van der Waals surface area (Å²) < 4.78 is 80.8. The molecule has 0 saturated carbocycles. The number of ketones is 4. The van der Waals surface area contributed by atoms with E-state index in [9.17, 15) is 90.2 Å². The number of alkyl halides is 6. The molecular formula is C91H101Br3Cl3F6N19O13. The summed E-state index contributed by atoms with van der Waals surface area (Å²) in [5.74, 6) is -1.90. The van der Waals surface area contributed by atoms with Gasteiger partial charge in [0.1, 0.15) is 5.75 Å². The highest BCUT2D eigenvalue weighted by atomic mass is 79.9. The van der Waals surface area contributed by atoms with Crippen LogP contribution in [0.3, 0.4) is 0 Å². The number of nitrogens with zero attached hydrogens (tertiary/aromatic N) is 7. The van der Waals surface area contributed by atoms with Crippen LogP contribution in [0.4, 0.5) is 49.1 Å². The highest BCUT2D eigenvalue weighted by Crippen LogP contribution is 2.39. The number of aliphatic hydroxyl groups is 4. The summed E-state index contributed by atoms with van der Waals surface area (Å²) in [6.45, 7) is 9.32. The Kier molecular flexibility index (Phi) is 41.5. The van der Waals surface area contributed by atoms with Crippen molar-refractivity contribution in [2.24, 2.45) is 20.0 Å². The van der Waals surface area contributed by atoms with Gasteiger partial charge < -0.3 is 89.3 Å². The molecule has 4 amide bonds. The third-order valence-corrected chi connectivity index (χ3v) is 22.9. The zero-order chi connectivity index (χ0) is 98.2. The third-order valence-electron chi connectivity index (χ3n) is 20.9. The fourth-order valence-corrected chi connectivity index (χ4v) is 16.4. The van der Waals surface area contributed by atoms with Gasteiger partial charge in [-0.25, -0.2) is 0 Å². The normalized spacial score (nSPS) is 16.5. The number of rotatable bonds is 32. The Bertz CT molecular complexity index is 5440. The lowest BCUT2D eigenvalue weighted by Crippen LogP contribution is -2.42. The molecule has 32 nitrogen and oxygen atoms in total. The average molecular weight is 2130 g/mol. The molecule has 0 radical (unpaired) electrons. The number of Topliss-reactive ketones (excluding diaryl/α,β-unsaturated/α-hetero) is 4. The SMILES string of the molecule is CC[C@H](CC(=O)CNC(=O)c1cc(O)cc(NC2=NCC(O)CN2)c1)c1cc(Cl)cc(Br)c1.CC[C@H](CC(=O)CNC(=O)c1cncc(NC2=NCC(O)CN2)c1)c1cc(Br)cc(C(F)(F)F)c1.CC[C@H](CC(=O)CNC(=O)c1cncc(NC2=NCC(O)CN2)c1)c1cc(Cl)cc(Br)c1.CC[C@H](CC(=O)CNC(=O)c1cncc(NC2=NCC(O)CN2)c1)c1cc(Cl)cc(C(F)(F)F)c1. The minimum absolute atomic E-state index is 0.0109. The fourth-order valence-electron chi connectivity index (χ4n) is 13.9. The van der Waals surface area contributed by atoms with Crippen molar-refractivity contribution in [3.8, 4) is 5.75 Å². The molecule has 4 aliphatic rings. The molecule has 7 heterocycles. The molecule has 0 aliphatic carbocycles. The molecule has 44 heteroatoms. The summed E-state index contributed by atoms with van der Waals surface area (Å²) in [6.07, 6.45) is 0.364. The second-order valence-electron chi connectivity index (χ2n) is 31.6. The summed E-state index contributed by atoms with van der Waals surface area (Å²) in [5, 5.41) is 83.0. The lowest BCUT2D eigenvalue weighted by atomic mass is 9.90. The monoisotopic (exact) mass is 2120 g/mol. The molecule has 8 atom stereocenters. The summed E-state index contributed by atoms with van der Waals surface area (Å²) >= 11 is 28.1. The first-order valence-electron chi connectivity index (χ1n) is 42.7. The van der Waals surface area contributed by atoms with Gasteiger partial charge in [0.05, 0.1) is 140 Å². The summed E-state index contributed by atoms with van der Waals surface area (Å²) in [5.41, 5.74) is 3.97. The zero-order valence-electron chi connectivity index (χ0n) is 73.3. The summed E-state index contributed by atoms with van der Waals surface area (Å²) in [6, 6.07) is 27.1. The highest BCUT2D eigenvalue weighted by Gasteiger charge is 2.34. The van der Waals surface area contributed by atoms with Crippen molar-refractivity contribution in [1.29, 1.82) is 0 Å². The number of aromatic nitrogens is 3. The van der Waals surface area contributed by atoms with Gasteiger partial charge in [-0.2, -0.15) is 26.3 Å². The number of aliphatic hydroxyl groups excluding tert-OH is 4. The number of anilines is 4. The molecule has 0 bridgehead atoms. The highest BCUT2D eigenvalue weighted by molar-refractivity contribution is 9.11. The van der Waals surface area contributed by atoms with Gasteiger partial charge in [0.2, 0.25) is 0 Å². The van der Waals surface area contributed by atoms with Crippen molar-refractivity contribution in [3.63, 3.8) is 0 Å². The van der Waals surface area contributed by atoms with Gasteiger partial charge >= 0.3 is 12.4 Å². The van der Waals surface area contributed by atoms with E-state index in [0.717, 1.165) is 57.2 Å². The first kappa shape index (κ1) is 107. The van der Waals surface area contributed by atoms with Crippen LogP contribution < -0.4 is 63.8 Å². The molecule has 8 aromatic rings. The van der Waals surface area contributed by atoms with E-state index in [0.29, 0.717) is 125 Å². The molecule has 0 saturated heterocycles. The van der Waals surface area contributed by atoms with E-state index >= 15 is 0 Å². The quantitative estimate of drug-likeness (QED) is 0.0174. The number of hydrogen-bond acceptors (Lipinski definition) is 28. The number of hydrogen-bond donors (Lipinski definition) is 17. The number of amides is 4. The molecule has 3 aromatic heterocycles. The molecule has 135 heavy (non-hydrogen) atoms. The van der Waals surface area contributed by atoms with Gasteiger partial charge in [-0.15, -0.1) is 0 Å². The van der Waals surface area contributed by atoms with E-state index in [1.54, 1.807) is 50.4 Å². The number of carbonyl (C=O) groups is 8. The van der Waals surface area contributed by atoms with Crippen LogP contribution in [0.2, 0.25) is 15.1 Å². The van der Waals surface area contributed by atoms with Gasteiger partial charge in [0.25, 0.3) is 23.6 Å². The van der Waals surface area contributed by atoms with Gasteiger partial charge in [-0.1, -0.05) is 110 Å². The number of phenols is 1. The Morgan fingerprint density at radius 1 is 0.363 bits per heavy atom. The number of carbonyl (C=O) groups excluding carboxylic acids is 8. The maximum Gasteiger partial charge on any atom is 0.416 e. The van der Waals surface area contributed by atoms with Gasteiger partial charge in [0, 0.05) is 116 Å². The second-order valence-corrected chi connectivity index (χ2v) is 35.7. The molecule has 4 aliphatic heterocycles. The van der Waals surface area contributed by atoms with Crippen LogP contribution in [0.25, 0.3) is 0 Å². The number of aliphatic imine (C=N–C) groups is 4. The predicted octanol–water partition coefficient (Wildman–Crippen LogP) is 13.4. The van der Waals surface area contributed by atoms with Crippen molar-refractivity contribution in [2.75, 3.05) is 99.8 Å².